The Kier molecular flexibility index (Phi) is 74.4. The molecular weight excluding hydrogens is 1330 g/mol. The van der Waals surface area contributed by atoms with Crippen molar-refractivity contribution in [1.82, 2.24) is 0 Å². The summed E-state index contributed by atoms with van der Waals surface area (Å²) < 4.78 is 68.8. The molecule has 17 nitrogen and oxygen atoms in total. The van der Waals surface area contributed by atoms with E-state index in [4.69, 9.17) is 37.0 Å². The highest BCUT2D eigenvalue weighted by Crippen LogP contribution is 2.45. The van der Waals surface area contributed by atoms with Crippen LogP contribution in [0.2, 0.25) is 0 Å². The number of carbonyl (C=O) groups is 4. The van der Waals surface area contributed by atoms with Crippen LogP contribution in [0.5, 0.6) is 0 Å². The maximum Gasteiger partial charge on any atom is 0.472 e. The molecule has 0 fully saturated rings. The highest BCUT2D eigenvalue weighted by molar-refractivity contribution is 7.47. The van der Waals surface area contributed by atoms with E-state index in [-0.39, 0.29) is 25.7 Å². The van der Waals surface area contributed by atoms with Crippen molar-refractivity contribution >= 4 is 39.5 Å². The van der Waals surface area contributed by atoms with Gasteiger partial charge in [0.2, 0.25) is 0 Å². The second-order valence-electron chi connectivity index (χ2n) is 30.3. The molecule has 0 saturated carbocycles. The van der Waals surface area contributed by atoms with E-state index in [1.165, 1.54) is 270 Å². The Morgan fingerprint density at radius 2 is 0.451 bits per heavy atom. The van der Waals surface area contributed by atoms with Gasteiger partial charge in [0, 0.05) is 25.7 Å². The van der Waals surface area contributed by atoms with E-state index in [0.717, 1.165) is 95.8 Å². The van der Waals surface area contributed by atoms with E-state index >= 15 is 0 Å². The zero-order valence-corrected chi connectivity index (χ0v) is 68.5. The lowest BCUT2D eigenvalue weighted by molar-refractivity contribution is -0.161. The monoisotopic (exact) mass is 1490 g/mol. The van der Waals surface area contributed by atoms with E-state index in [2.05, 4.69) is 34.6 Å². The molecule has 0 aromatic rings. The van der Waals surface area contributed by atoms with Gasteiger partial charge in [0.15, 0.2) is 12.2 Å². The number of esters is 4. The first-order valence-corrected chi connectivity index (χ1v) is 46.1. The number of aliphatic hydroxyl groups is 1. The van der Waals surface area contributed by atoms with Crippen LogP contribution < -0.4 is 0 Å². The molecular formula is C83H162O17P2. The van der Waals surface area contributed by atoms with Gasteiger partial charge in [0.25, 0.3) is 0 Å². The molecule has 5 atom stereocenters. The van der Waals surface area contributed by atoms with Gasteiger partial charge in [0.05, 0.1) is 26.4 Å². The van der Waals surface area contributed by atoms with Gasteiger partial charge in [0.1, 0.15) is 19.3 Å². The first-order valence-electron chi connectivity index (χ1n) is 43.1. The first-order chi connectivity index (χ1) is 49.5. The lowest BCUT2D eigenvalue weighted by Crippen LogP contribution is -2.30. The van der Waals surface area contributed by atoms with Gasteiger partial charge in [-0.25, -0.2) is 9.13 Å². The molecule has 0 rings (SSSR count). The highest BCUT2D eigenvalue weighted by Gasteiger charge is 2.30. The molecule has 0 spiro atoms. The van der Waals surface area contributed by atoms with E-state index in [9.17, 15) is 43.2 Å². The third-order valence-corrected chi connectivity index (χ3v) is 21.4. The Morgan fingerprint density at radius 1 is 0.265 bits per heavy atom. The molecule has 19 heteroatoms. The molecule has 0 aliphatic carbocycles. The molecule has 102 heavy (non-hydrogen) atoms. The number of carbonyl (C=O) groups excluding carboxylic acids is 4. The van der Waals surface area contributed by atoms with Gasteiger partial charge < -0.3 is 33.8 Å². The van der Waals surface area contributed by atoms with Crippen molar-refractivity contribution < 1.29 is 80.2 Å². The molecule has 2 unspecified atom stereocenters. The highest BCUT2D eigenvalue weighted by atomic mass is 31.2. The summed E-state index contributed by atoms with van der Waals surface area (Å²) in [6.45, 7) is 7.34. The van der Waals surface area contributed by atoms with E-state index in [0.29, 0.717) is 25.7 Å². The van der Waals surface area contributed by atoms with Gasteiger partial charge in [-0.1, -0.05) is 394 Å². The zero-order valence-electron chi connectivity index (χ0n) is 66.8. The molecule has 606 valence electrons. The van der Waals surface area contributed by atoms with Gasteiger partial charge in [-0.15, -0.1) is 0 Å². The van der Waals surface area contributed by atoms with Crippen LogP contribution in [0.25, 0.3) is 0 Å². The Balaban J connectivity index is 5.26. The summed E-state index contributed by atoms with van der Waals surface area (Å²) in [7, 11) is -9.92. The maximum absolute atomic E-state index is 13.1. The molecule has 0 aromatic heterocycles. The predicted octanol–water partition coefficient (Wildman–Crippen LogP) is 25.2. The molecule has 0 heterocycles. The van der Waals surface area contributed by atoms with Crippen molar-refractivity contribution in [3.05, 3.63) is 0 Å². The minimum Gasteiger partial charge on any atom is -0.462 e. The van der Waals surface area contributed by atoms with E-state index < -0.39 is 97.5 Å². The fourth-order valence-corrected chi connectivity index (χ4v) is 14.5. The van der Waals surface area contributed by atoms with Crippen molar-refractivity contribution in [3.8, 4) is 0 Å². The molecule has 0 amide bonds. The van der Waals surface area contributed by atoms with Crippen LogP contribution in [-0.4, -0.2) is 96.7 Å². The fraction of sp³-hybridized carbons (Fsp3) is 0.952. The molecule has 0 aliphatic heterocycles. The number of ether oxygens (including phenoxy) is 4. The predicted molar refractivity (Wildman–Crippen MR) is 418 cm³/mol. The second-order valence-corrected chi connectivity index (χ2v) is 33.3. The van der Waals surface area contributed by atoms with Crippen LogP contribution in [0, 0.1) is 5.92 Å². The van der Waals surface area contributed by atoms with Crippen molar-refractivity contribution in [2.24, 2.45) is 5.92 Å². The summed E-state index contributed by atoms with van der Waals surface area (Å²) in [6.07, 6.45) is 67.9. The number of hydrogen-bond donors (Lipinski definition) is 3. The maximum atomic E-state index is 13.1. The Morgan fingerprint density at radius 3 is 0.667 bits per heavy atom. The lowest BCUT2D eigenvalue weighted by atomic mass is 10.0. The second kappa shape index (κ2) is 75.9. The van der Waals surface area contributed by atoms with Crippen molar-refractivity contribution in [3.63, 3.8) is 0 Å². The number of unbranched alkanes of at least 4 members (excludes halogenated alkanes) is 55. The summed E-state index contributed by atoms with van der Waals surface area (Å²) in [5, 5.41) is 10.7. The topological polar surface area (TPSA) is 237 Å². The van der Waals surface area contributed by atoms with Crippen LogP contribution in [0.4, 0.5) is 0 Å². The number of phosphoric acid groups is 2. The van der Waals surface area contributed by atoms with E-state index in [1.54, 1.807) is 0 Å². The Bertz CT molecular complexity index is 1940. The number of aliphatic hydroxyl groups excluding tert-OH is 1. The van der Waals surface area contributed by atoms with Gasteiger partial charge in [-0.3, -0.25) is 37.3 Å². The standard InChI is InChI=1S/C83H162O17P2/c1-6-9-12-15-18-21-24-27-30-32-34-37-40-43-48-54-59-64-69-83(88)99-78(72-93-80(85)66-61-56-51-46-41-38-36-33-31-28-25-22-19-16-13-10-7-2)74-97-101(89,90)95-70-77(84)71-96-102(91,92)98-75-79(73-94-81(86)67-62-57-52-49-44-45-50-55-60-65-76(4)5)100-82(87)68-63-58-53-47-42-39-35-29-26-23-20-17-14-11-8-3/h76-79,84H,6-75H2,1-5H3,(H,89,90)(H,91,92)/t77-,78-,79-/m1/s1. The van der Waals surface area contributed by atoms with Crippen LogP contribution >= 0.6 is 15.6 Å². The minimum atomic E-state index is -4.96. The number of hydrogen-bond acceptors (Lipinski definition) is 15. The summed E-state index contributed by atoms with van der Waals surface area (Å²) in [4.78, 5) is 73.1. The van der Waals surface area contributed by atoms with Gasteiger partial charge in [-0.2, -0.15) is 0 Å². The fourth-order valence-electron chi connectivity index (χ4n) is 12.9. The quantitative estimate of drug-likeness (QED) is 0.0222. The van der Waals surface area contributed by atoms with Crippen LogP contribution in [-0.2, 0) is 65.4 Å². The SMILES string of the molecule is CCCCCCCCCCCCCCCCCCCCC(=O)O[C@H](COC(=O)CCCCCCCCCCCCCCCCCCC)COP(=O)(O)OC[C@@H](O)COP(=O)(O)OC[C@@H](COC(=O)CCCCCCCCCCCC(C)C)OC(=O)CCCCCCCCCCCCCCCCC. The van der Waals surface area contributed by atoms with Crippen LogP contribution in [0.1, 0.15) is 446 Å². The third-order valence-electron chi connectivity index (χ3n) is 19.5. The summed E-state index contributed by atoms with van der Waals surface area (Å²) in [5.41, 5.74) is 0. The van der Waals surface area contributed by atoms with Crippen LogP contribution in [0.15, 0.2) is 0 Å². The number of rotatable bonds is 83. The Hall–Kier alpha value is -1.94. The third kappa shape index (κ3) is 76.3. The normalized spacial score (nSPS) is 13.8. The largest absolute Gasteiger partial charge is 0.472 e. The van der Waals surface area contributed by atoms with Gasteiger partial charge in [-0.05, 0) is 31.6 Å². The first kappa shape index (κ1) is 100. The molecule has 0 aliphatic rings. The summed E-state index contributed by atoms with van der Waals surface area (Å²) in [5.74, 6) is -1.36. The van der Waals surface area contributed by atoms with Gasteiger partial charge >= 0.3 is 39.5 Å². The van der Waals surface area contributed by atoms with E-state index in [1.807, 2.05) is 0 Å². The summed E-state index contributed by atoms with van der Waals surface area (Å²) in [6, 6.07) is 0. The Labute approximate surface area is 626 Å². The average molecular weight is 1490 g/mol. The molecule has 0 saturated heterocycles. The van der Waals surface area contributed by atoms with Crippen LogP contribution in [0.3, 0.4) is 0 Å². The molecule has 3 N–H and O–H groups in total. The zero-order chi connectivity index (χ0) is 74.8. The number of phosphoric ester groups is 2. The lowest BCUT2D eigenvalue weighted by Gasteiger charge is -2.21. The molecule has 0 aromatic carbocycles. The van der Waals surface area contributed by atoms with Crippen molar-refractivity contribution in [2.45, 2.75) is 464 Å². The molecule has 0 radical (unpaired) electrons. The summed E-state index contributed by atoms with van der Waals surface area (Å²) >= 11 is 0. The minimum absolute atomic E-state index is 0.108. The smallest absolute Gasteiger partial charge is 0.462 e. The average Bonchev–Trinajstić information content (AvgIpc) is 0.908. The molecule has 0 bridgehead atoms. The van der Waals surface area contributed by atoms with Crippen molar-refractivity contribution in [1.29, 1.82) is 0 Å². The van der Waals surface area contributed by atoms with Crippen molar-refractivity contribution in [2.75, 3.05) is 39.6 Å².